The van der Waals surface area contributed by atoms with Gasteiger partial charge in [-0.15, -0.1) is 0 Å². The molecule has 146 valence electrons. The number of hydrogen-bond donors (Lipinski definition) is 1. The summed E-state index contributed by atoms with van der Waals surface area (Å²) in [5.41, 5.74) is 1.87. The highest BCUT2D eigenvalue weighted by molar-refractivity contribution is 5.81. The van der Waals surface area contributed by atoms with E-state index in [1.807, 2.05) is 45.0 Å². The first-order valence-corrected chi connectivity index (χ1v) is 9.21. The normalized spacial score (nSPS) is 13.2. The smallest absolute Gasteiger partial charge is 0.261 e. The molecule has 0 aliphatic carbocycles. The summed E-state index contributed by atoms with van der Waals surface area (Å²) in [4.78, 5) is 21.1. The van der Waals surface area contributed by atoms with Crippen molar-refractivity contribution in [1.29, 1.82) is 0 Å². The van der Waals surface area contributed by atoms with Gasteiger partial charge in [-0.25, -0.2) is 0 Å². The van der Waals surface area contributed by atoms with Gasteiger partial charge in [0.25, 0.3) is 5.91 Å². The number of amides is 1. The Bertz CT molecular complexity index is 924. The van der Waals surface area contributed by atoms with Crippen molar-refractivity contribution in [3.8, 4) is 17.1 Å². The number of hydrogen-bond acceptors (Lipinski definition) is 6. The Morgan fingerprint density at radius 1 is 1.14 bits per heavy atom. The van der Waals surface area contributed by atoms with E-state index < -0.39 is 12.1 Å². The number of rotatable bonds is 7. The van der Waals surface area contributed by atoms with Crippen LogP contribution >= 0.6 is 0 Å². The molecule has 3 aromatic rings. The summed E-state index contributed by atoms with van der Waals surface area (Å²) >= 11 is 0. The molecule has 7 nitrogen and oxygen atoms in total. The molecule has 0 saturated heterocycles. The third kappa shape index (κ3) is 4.73. The summed E-state index contributed by atoms with van der Waals surface area (Å²) < 4.78 is 11.2. The van der Waals surface area contributed by atoms with E-state index in [1.54, 1.807) is 31.5 Å². The number of pyridine rings is 1. The minimum Gasteiger partial charge on any atom is -0.481 e. The van der Waals surface area contributed by atoms with E-state index in [4.69, 9.17) is 9.26 Å². The maximum atomic E-state index is 12.7. The third-order valence-corrected chi connectivity index (χ3v) is 4.28. The van der Waals surface area contributed by atoms with Crippen molar-refractivity contribution in [1.82, 2.24) is 20.4 Å². The highest BCUT2D eigenvalue weighted by Crippen LogP contribution is 2.24. The molecule has 2 atom stereocenters. The molecule has 0 fully saturated rings. The van der Waals surface area contributed by atoms with Gasteiger partial charge in [0.1, 0.15) is 11.8 Å². The molecule has 3 rings (SSSR count). The van der Waals surface area contributed by atoms with Crippen LogP contribution in [0.1, 0.15) is 38.3 Å². The molecule has 0 radical (unpaired) electrons. The molecule has 0 spiro atoms. The topological polar surface area (TPSA) is 90.1 Å². The first-order valence-electron chi connectivity index (χ1n) is 9.21. The molecule has 1 aromatic carbocycles. The van der Waals surface area contributed by atoms with E-state index in [9.17, 15) is 4.79 Å². The molecule has 7 heteroatoms. The van der Waals surface area contributed by atoms with Crippen LogP contribution in [0, 0.1) is 12.8 Å². The number of aryl methyl sites for hydroxylation is 1. The molecule has 1 N–H and O–H groups in total. The second kappa shape index (κ2) is 8.65. The Kier molecular flexibility index (Phi) is 6.03. The van der Waals surface area contributed by atoms with Gasteiger partial charge in [0.2, 0.25) is 11.7 Å². The monoisotopic (exact) mass is 380 g/mol. The third-order valence-electron chi connectivity index (χ3n) is 4.28. The maximum Gasteiger partial charge on any atom is 0.261 e. The largest absolute Gasteiger partial charge is 0.481 e. The fourth-order valence-electron chi connectivity index (χ4n) is 2.71. The first kappa shape index (κ1) is 19.5. The van der Waals surface area contributed by atoms with E-state index in [0.29, 0.717) is 17.5 Å². The number of ether oxygens (including phenoxy) is 1. The van der Waals surface area contributed by atoms with Crippen molar-refractivity contribution in [3.63, 3.8) is 0 Å². The minimum atomic E-state index is -0.661. The summed E-state index contributed by atoms with van der Waals surface area (Å²) in [6, 6.07) is 10.8. The summed E-state index contributed by atoms with van der Waals surface area (Å²) in [5.74, 6) is 1.28. The fraction of sp³-hybridized carbons (Fsp3) is 0.333. The Balaban J connectivity index is 1.70. The Morgan fingerprint density at radius 3 is 2.57 bits per heavy atom. The van der Waals surface area contributed by atoms with Gasteiger partial charge >= 0.3 is 0 Å². The number of carbonyl (C=O) groups excluding carboxylic acids is 1. The highest BCUT2D eigenvalue weighted by atomic mass is 16.5. The number of aromatic nitrogens is 3. The number of nitrogens with zero attached hydrogens (tertiary/aromatic N) is 3. The van der Waals surface area contributed by atoms with E-state index in [2.05, 4.69) is 20.4 Å². The Labute approximate surface area is 164 Å². The lowest BCUT2D eigenvalue weighted by molar-refractivity contribution is -0.128. The van der Waals surface area contributed by atoms with Gasteiger partial charge < -0.3 is 14.6 Å². The molecular weight excluding hydrogens is 356 g/mol. The molecule has 2 aromatic heterocycles. The van der Waals surface area contributed by atoms with Crippen LogP contribution in [0.15, 0.2) is 53.3 Å². The van der Waals surface area contributed by atoms with Crippen molar-refractivity contribution in [2.45, 2.75) is 39.8 Å². The van der Waals surface area contributed by atoms with Crippen molar-refractivity contribution in [2.75, 3.05) is 0 Å². The van der Waals surface area contributed by atoms with Crippen molar-refractivity contribution in [2.24, 2.45) is 5.92 Å². The van der Waals surface area contributed by atoms with Gasteiger partial charge in [-0.05, 0) is 49.6 Å². The summed E-state index contributed by atoms with van der Waals surface area (Å²) in [6.45, 7) is 7.65. The van der Waals surface area contributed by atoms with Crippen molar-refractivity contribution >= 4 is 5.91 Å². The van der Waals surface area contributed by atoms with Crippen molar-refractivity contribution < 1.29 is 14.1 Å². The number of benzene rings is 1. The molecule has 28 heavy (non-hydrogen) atoms. The van der Waals surface area contributed by atoms with Gasteiger partial charge in [0.15, 0.2) is 6.10 Å². The van der Waals surface area contributed by atoms with Crippen LogP contribution in [0.4, 0.5) is 0 Å². The second-order valence-electron chi connectivity index (χ2n) is 7.00. The predicted molar refractivity (Wildman–Crippen MR) is 105 cm³/mol. The van der Waals surface area contributed by atoms with Gasteiger partial charge in [-0.1, -0.05) is 31.1 Å². The van der Waals surface area contributed by atoms with Crippen LogP contribution in [-0.2, 0) is 4.79 Å². The summed E-state index contributed by atoms with van der Waals surface area (Å²) in [5, 5.41) is 6.98. The molecule has 0 bridgehead atoms. The fourth-order valence-corrected chi connectivity index (χ4v) is 2.71. The summed E-state index contributed by atoms with van der Waals surface area (Å²) in [7, 11) is 0. The van der Waals surface area contributed by atoms with E-state index in [0.717, 1.165) is 11.1 Å². The van der Waals surface area contributed by atoms with Crippen LogP contribution in [0.25, 0.3) is 11.4 Å². The van der Waals surface area contributed by atoms with E-state index in [-0.39, 0.29) is 11.8 Å². The van der Waals surface area contributed by atoms with E-state index in [1.165, 1.54) is 0 Å². The zero-order chi connectivity index (χ0) is 20.1. The molecule has 2 heterocycles. The zero-order valence-electron chi connectivity index (χ0n) is 16.4. The quantitative estimate of drug-likeness (QED) is 0.672. The maximum absolute atomic E-state index is 12.7. The predicted octanol–water partition coefficient (Wildman–Crippen LogP) is 3.72. The van der Waals surface area contributed by atoms with Gasteiger partial charge in [-0.2, -0.15) is 4.98 Å². The first-order chi connectivity index (χ1) is 13.4. The average Bonchev–Trinajstić information content (AvgIpc) is 3.16. The lowest BCUT2D eigenvalue weighted by Crippen LogP contribution is -2.40. The van der Waals surface area contributed by atoms with Crippen molar-refractivity contribution in [3.05, 3.63) is 60.2 Å². The molecular formula is C21H24N4O3. The Hall–Kier alpha value is -3.22. The molecule has 0 saturated carbocycles. The van der Waals surface area contributed by atoms with Crippen LogP contribution in [0.2, 0.25) is 0 Å². The van der Waals surface area contributed by atoms with Gasteiger partial charge in [0, 0.05) is 18.0 Å². The molecule has 0 aliphatic heterocycles. The molecule has 2 unspecified atom stereocenters. The van der Waals surface area contributed by atoms with Crippen LogP contribution < -0.4 is 10.1 Å². The zero-order valence-corrected chi connectivity index (χ0v) is 16.4. The number of carbonyl (C=O) groups is 1. The SMILES string of the molecule is Cc1cccc(OC(C)C(=O)NC(c2nc(-c3ccncc3)no2)C(C)C)c1. The van der Waals surface area contributed by atoms with Crippen LogP contribution in [-0.4, -0.2) is 27.1 Å². The lowest BCUT2D eigenvalue weighted by atomic mass is 10.0. The molecule has 0 aliphatic rings. The standard InChI is InChI=1S/C21H24N4O3/c1-13(2)18(21-24-19(25-28-21)16-8-10-22-11-9-16)23-20(26)15(4)27-17-7-5-6-14(3)12-17/h5-13,15,18H,1-4H3,(H,23,26). The second-order valence-corrected chi connectivity index (χ2v) is 7.00. The number of nitrogens with one attached hydrogen (secondary N) is 1. The van der Waals surface area contributed by atoms with Crippen LogP contribution in [0.5, 0.6) is 5.75 Å². The van der Waals surface area contributed by atoms with Crippen LogP contribution in [0.3, 0.4) is 0 Å². The molecule has 1 amide bonds. The Morgan fingerprint density at radius 2 is 1.89 bits per heavy atom. The van der Waals surface area contributed by atoms with E-state index >= 15 is 0 Å². The minimum absolute atomic E-state index is 0.0564. The van der Waals surface area contributed by atoms with Gasteiger partial charge in [0.05, 0.1) is 0 Å². The highest BCUT2D eigenvalue weighted by Gasteiger charge is 2.27. The summed E-state index contributed by atoms with van der Waals surface area (Å²) in [6.07, 6.45) is 2.67. The lowest BCUT2D eigenvalue weighted by Gasteiger charge is -2.21. The average molecular weight is 380 g/mol. The van der Waals surface area contributed by atoms with Gasteiger partial charge in [-0.3, -0.25) is 9.78 Å².